The molecule has 0 heterocycles. The maximum Gasteiger partial charge on any atom is -0.0253 e. The summed E-state index contributed by atoms with van der Waals surface area (Å²) in [5, 5.41) is 0. The molecule has 0 unspecified atom stereocenters. The van der Waals surface area contributed by atoms with Crippen molar-refractivity contribution in [2.75, 3.05) is 0 Å². The van der Waals surface area contributed by atoms with E-state index < -0.39 is 0 Å². The van der Waals surface area contributed by atoms with Gasteiger partial charge < -0.3 is 24.8 Å². The Labute approximate surface area is 234 Å². The number of hydrogen-bond donors (Lipinski definition) is 0. The molecule has 0 bridgehead atoms. The number of benzene rings is 2. The van der Waals surface area contributed by atoms with E-state index in [2.05, 4.69) is 54.6 Å². The molecular formula is C31H36Cl2Zr-2. The van der Waals surface area contributed by atoms with Gasteiger partial charge in [0.1, 0.15) is 0 Å². The third kappa shape index (κ3) is 8.43. The second-order valence-electron chi connectivity index (χ2n) is 9.52. The van der Waals surface area contributed by atoms with Crippen molar-refractivity contribution in [3.8, 4) is 11.1 Å². The third-order valence-corrected chi connectivity index (χ3v) is 9.30. The predicted molar refractivity (Wildman–Crippen MR) is 133 cm³/mol. The van der Waals surface area contributed by atoms with Crippen LogP contribution in [0.5, 0.6) is 0 Å². The van der Waals surface area contributed by atoms with Gasteiger partial charge in [0.2, 0.25) is 0 Å². The van der Waals surface area contributed by atoms with Crippen molar-refractivity contribution in [2.24, 2.45) is 11.8 Å². The van der Waals surface area contributed by atoms with Crippen LogP contribution in [0, 0.1) is 24.0 Å². The smallest absolute Gasteiger partial charge is 0.0253 e. The Morgan fingerprint density at radius 2 is 1.38 bits per heavy atom. The monoisotopic (exact) mass is 568 g/mol. The van der Waals surface area contributed by atoms with Crippen LogP contribution in [0.3, 0.4) is 0 Å². The first-order valence-corrected chi connectivity index (χ1v) is 13.9. The van der Waals surface area contributed by atoms with Crippen LogP contribution in [0.1, 0.15) is 81.8 Å². The van der Waals surface area contributed by atoms with Gasteiger partial charge in [0, 0.05) is 0 Å². The maximum atomic E-state index is 3.30. The van der Waals surface area contributed by atoms with Crippen LogP contribution in [0.25, 0.3) is 11.1 Å². The summed E-state index contributed by atoms with van der Waals surface area (Å²) in [5.41, 5.74) is 5.51. The molecule has 0 atom stereocenters. The Bertz CT molecular complexity index is 860. The number of hydrogen-bond acceptors (Lipinski definition) is 0. The van der Waals surface area contributed by atoms with Crippen molar-refractivity contribution in [1.29, 1.82) is 0 Å². The molecule has 0 saturated heterocycles. The molecular weight excluding hydrogens is 534 g/mol. The van der Waals surface area contributed by atoms with Gasteiger partial charge in [-0.15, -0.1) is 12.0 Å². The molecule has 0 N–H and O–H groups in total. The van der Waals surface area contributed by atoms with Gasteiger partial charge in [0.15, 0.2) is 0 Å². The molecule has 3 heteroatoms. The van der Waals surface area contributed by atoms with Gasteiger partial charge >= 0.3 is 103 Å². The maximum absolute atomic E-state index is 3.30. The van der Waals surface area contributed by atoms with E-state index in [1.54, 1.807) is 24.2 Å². The third-order valence-electron chi connectivity index (χ3n) is 7.29. The summed E-state index contributed by atoms with van der Waals surface area (Å²) < 4.78 is 1.97. The SMILES string of the molecule is [C-]1=CC=CC1.[Cl-].[Cl-].[Zr+2]=[C](C1CCCCC1)C1CCCCC1.[c-]1cccc2c1Cc1ccccc1-2. The first-order chi connectivity index (χ1) is 15.8. The molecule has 2 saturated carbocycles. The molecule has 4 aliphatic rings. The molecule has 6 rings (SSSR count). The molecule has 180 valence electrons. The minimum atomic E-state index is 0. The normalized spacial score (nSPS) is 18.2. The minimum Gasteiger partial charge on any atom is -0.179 e. The van der Waals surface area contributed by atoms with Gasteiger partial charge in [0.05, 0.1) is 0 Å². The molecule has 0 aromatic heterocycles. The van der Waals surface area contributed by atoms with Crippen LogP contribution >= 0.6 is 0 Å². The summed E-state index contributed by atoms with van der Waals surface area (Å²) in [6.07, 6.45) is 26.2. The zero-order chi connectivity index (χ0) is 22.0. The number of allylic oxidation sites excluding steroid dienone is 4. The average Bonchev–Trinajstić information content (AvgIpc) is 3.57. The van der Waals surface area contributed by atoms with Gasteiger partial charge in [-0.25, -0.2) is 12.2 Å². The van der Waals surface area contributed by atoms with Gasteiger partial charge in [-0.3, -0.25) is 6.08 Å². The summed E-state index contributed by atoms with van der Waals surface area (Å²) in [4.78, 5) is 0. The molecule has 4 aliphatic carbocycles. The minimum absolute atomic E-state index is 0. The Morgan fingerprint density at radius 1 is 0.765 bits per heavy atom. The summed E-state index contributed by atoms with van der Waals surface area (Å²) in [7, 11) is 0. The predicted octanol–water partition coefficient (Wildman–Crippen LogP) is 2.24. The number of rotatable bonds is 2. The van der Waals surface area contributed by atoms with E-state index in [-0.39, 0.29) is 24.8 Å². The van der Waals surface area contributed by atoms with E-state index >= 15 is 0 Å². The Morgan fingerprint density at radius 3 is 1.94 bits per heavy atom. The van der Waals surface area contributed by atoms with Gasteiger partial charge in [-0.1, -0.05) is 35.4 Å². The van der Waals surface area contributed by atoms with Crippen molar-refractivity contribution in [3.05, 3.63) is 84.0 Å². The van der Waals surface area contributed by atoms with Crippen LogP contribution in [0.4, 0.5) is 0 Å². The Kier molecular flexibility index (Phi) is 13.9. The van der Waals surface area contributed by atoms with Gasteiger partial charge in [-0.2, -0.15) is 35.9 Å². The zero-order valence-electron chi connectivity index (χ0n) is 20.2. The number of fused-ring (bicyclic) bond motifs is 3. The van der Waals surface area contributed by atoms with Crippen LogP contribution in [-0.2, 0) is 30.7 Å². The van der Waals surface area contributed by atoms with Crippen molar-refractivity contribution in [3.63, 3.8) is 0 Å². The van der Waals surface area contributed by atoms with E-state index in [0.717, 1.165) is 24.7 Å². The van der Waals surface area contributed by atoms with Crippen LogP contribution in [0.15, 0.2) is 60.7 Å². The van der Waals surface area contributed by atoms with E-state index in [0.29, 0.717) is 0 Å². The van der Waals surface area contributed by atoms with Crippen molar-refractivity contribution in [2.45, 2.75) is 77.0 Å². The quantitative estimate of drug-likeness (QED) is 0.415. The number of halogens is 2. The van der Waals surface area contributed by atoms with Gasteiger partial charge in [0.25, 0.3) is 0 Å². The fourth-order valence-electron chi connectivity index (χ4n) is 5.50. The molecule has 0 radical (unpaired) electrons. The standard InChI is InChI=1S/C13H9.C13H22.C5H5.2ClH.Zr/c1-3-7-12-10(5-1)9-11-6-2-4-8-13(11)12;1-3-7-12(8-4-1)11-13-9-5-2-6-10-13;1-2-4-5-3-1;;;/h1-5,7-8H,9H2;12-13H,1-10H2;1-3H,4H2;2*1H;/q-1;;-1;;;+2/p-2. The van der Waals surface area contributed by atoms with Crippen LogP contribution < -0.4 is 24.8 Å². The second kappa shape index (κ2) is 16.1. The first kappa shape index (κ1) is 29.5. The summed E-state index contributed by atoms with van der Waals surface area (Å²) in [6, 6.07) is 18.1. The largest absolute Gasteiger partial charge is 0.179 e. The summed E-state index contributed by atoms with van der Waals surface area (Å²) in [6.45, 7) is 0. The molecule has 0 nitrogen and oxygen atoms in total. The zero-order valence-corrected chi connectivity index (χ0v) is 24.1. The fraction of sp³-hybridized carbons (Fsp3) is 0.452. The van der Waals surface area contributed by atoms with E-state index in [1.165, 1.54) is 86.5 Å². The molecule has 34 heavy (non-hydrogen) atoms. The Balaban J connectivity index is 0.000000191. The van der Waals surface area contributed by atoms with Gasteiger partial charge in [-0.05, 0) is 6.42 Å². The van der Waals surface area contributed by atoms with Crippen molar-refractivity contribution in [1.82, 2.24) is 0 Å². The molecule has 0 amide bonds. The van der Waals surface area contributed by atoms with Crippen LogP contribution in [0.2, 0.25) is 0 Å². The van der Waals surface area contributed by atoms with E-state index in [4.69, 9.17) is 0 Å². The summed E-state index contributed by atoms with van der Waals surface area (Å²) in [5.74, 6) is 2.09. The van der Waals surface area contributed by atoms with Crippen LogP contribution in [-0.4, -0.2) is 3.21 Å². The molecule has 2 aromatic carbocycles. The summed E-state index contributed by atoms with van der Waals surface area (Å²) >= 11 is 1.77. The average molecular weight is 571 g/mol. The molecule has 2 fully saturated rings. The molecule has 2 aromatic rings. The van der Waals surface area contributed by atoms with Crippen molar-refractivity contribution >= 4 is 3.21 Å². The topological polar surface area (TPSA) is 0 Å². The van der Waals surface area contributed by atoms with E-state index in [9.17, 15) is 0 Å². The second-order valence-corrected chi connectivity index (χ2v) is 10.9. The molecule has 0 aliphatic heterocycles. The molecule has 0 spiro atoms. The van der Waals surface area contributed by atoms with Crippen molar-refractivity contribution < 1.29 is 49.0 Å². The Hall–Kier alpha value is -0.747. The first-order valence-electron chi connectivity index (χ1n) is 12.7. The van der Waals surface area contributed by atoms with E-state index in [1.807, 2.05) is 21.4 Å². The fourth-order valence-corrected chi connectivity index (χ4v) is 6.92.